The summed E-state index contributed by atoms with van der Waals surface area (Å²) in [5.41, 5.74) is 0.536. The smallest absolute Gasteiger partial charge is 0.254 e. The van der Waals surface area contributed by atoms with Crippen molar-refractivity contribution in [2.45, 2.75) is 19.9 Å². The number of carbonyl (C=O) groups is 2. The van der Waals surface area contributed by atoms with Gasteiger partial charge in [0.25, 0.3) is 5.91 Å². The summed E-state index contributed by atoms with van der Waals surface area (Å²) < 4.78 is 19.2. The molecule has 26 heavy (non-hydrogen) atoms. The van der Waals surface area contributed by atoms with Crippen molar-refractivity contribution in [1.82, 2.24) is 15.2 Å². The van der Waals surface area contributed by atoms with E-state index in [4.69, 9.17) is 4.74 Å². The molecule has 1 aliphatic heterocycles. The summed E-state index contributed by atoms with van der Waals surface area (Å²) in [6.07, 6.45) is 1.55. The monoisotopic (exact) mass is 359 g/mol. The first-order chi connectivity index (χ1) is 12.5. The van der Waals surface area contributed by atoms with Crippen LogP contribution in [0.25, 0.3) is 10.9 Å². The third-order valence-corrected chi connectivity index (χ3v) is 4.46. The molecule has 0 saturated carbocycles. The normalized spacial score (nSPS) is 15.9. The molecule has 2 amide bonds. The molecule has 2 heterocycles. The summed E-state index contributed by atoms with van der Waals surface area (Å²) in [6, 6.07) is 5.17. The largest absolute Gasteiger partial charge is 0.378 e. The van der Waals surface area contributed by atoms with Crippen molar-refractivity contribution >= 4 is 22.7 Å². The van der Waals surface area contributed by atoms with Gasteiger partial charge in [-0.1, -0.05) is 19.9 Å². The van der Waals surface area contributed by atoms with Gasteiger partial charge in [-0.2, -0.15) is 0 Å². The molecule has 138 valence electrons. The molecule has 1 fully saturated rings. The van der Waals surface area contributed by atoms with Gasteiger partial charge in [0.15, 0.2) is 0 Å². The first kappa shape index (κ1) is 18.3. The number of aromatic nitrogens is 1. The Morgan fingerprint density at radius 1 is 1.27 bits per heavy atom. The zero-order valence-electron chi connectivity index (χ0n) is 14.9. The topological polar surface area (TPSA) is 71.5 Å². The lowest BCUT2D eigenvalue weighted by molar-refractivity contribution is -0.138. The van der Waals surface area contributed by atoms with E-state index in [0.29, 0.717) is 37.2 Å². The molecule has 0 bridgehead atoms. The van der Waals surface area contributed by atoms with Crippen molar-refractivity contribution < 1.29 is 18.7 Å². The Kier molecular flexibility index (Phi) is 5.46. The molecule has 1 aromatic heterocycles. The molecule has 0 spiro atoms. The van der Waals surface area contributed by atoms with E-state index in [1.807, 2.05) is 13.8 Å². The van der Waals surface area contributed by atoms with Crippen molar-refractivity contribution in [1.29, 1.82) is 0 Å². The Labute approximate surface area is 151 Å². The van der Waals surface area contributed by atoms with E-state index in [-0.39, 0.29) is 17.4 Å². The van der Waals surface area contributed by atoms with E-state index < -0.39 is 17.8 Å². The summed E-state index contributed by atoms with van der Waals surface area (Å²) in [5.74, 6) is -1.28. The maximum Gasteiger partial charge on any atom is 0.254 e. The lowest BCUT2D eigenvalue weighted by Crippen LogP contribution is -2.53. The summed E-state index contributed by atoms with van der Waals surface area (Å²) >= 11 is 0. The van der Waals surface area contributed by atoms with Gasteiger partial charge in [-0.15, -0.1) is 0 Å². The zero-order valence-corrected chi connectivity index (χ0v) is 14.9. The second kappa shape index (κ2) is 7.78. The number of amides is 2. The minimum Gasteiger partial charge on any atom is -0.378 e. The van der Waals surface area contributed by atoms with E-state index in [2.05, 4.69) is 10.3 Å². The molecule has 0 aliphatic carbocycles. The Morgan fingerprint density at radius 3 is 2.69 bits per heavy atom. The highest BCUT2D eigenvalue weighted by Gasteiger charge is 2.30. The molecular weight excluding hydrogens is 337 g/mol. The third kappa shape index (κ3) is 3.83. The average Bonchev–Trinajstić information content (AvgIpc) is 2.65. The van der Waals surface area contributed by atoms with Gasteiger partial charge in [0.1, 0.15) is 11.9 Å². The summed E-state index contributed by atoms with van der Waals surface area (Å²) in [5, 5.41) is 3.31. The van der Waals surface area contributed by atoms with E-state index >= 15 is 0 Å². The summed E-state index contributed by atoms with van der Waals surface area (Å²) in [4.78, 5) is 31.5. The van der Waals surface area contributed by atoms with Crippen LogP contribution in [0.4, 0.5) is 4.39 Å². The number of hydrogen-bond donors (Lipinski definition) is 1. The molecular formula is C19H22FN3O3. The van der Waals surface area contributed by atoms with Crippen LogP contribution in [-0.4, -0.2) is 54.0 Å². The fourth-order valence-corrected chi connectivity index (χ4v) is 3.04. The Balaban J connectivity index is 1.86. The van der Waals surface area contributed by atoms with Gasteiger partial charge < -0.3 is 15.0 Å². The molecule has 1 N–H and O–H groups in total. The van der Waals surface area contributed by atoms with Crippen molar-refractivity contribution in [3.8, 4) is 0 Å². The third-order valence-electron chi connectivity index (χ3n) is 4.46. The lowest BCUT2D eigenvalue weighted by Gasteiger charge is -2.32. The van der Waals surface area contributed by atoms with E-state index in [0.717, 1.165) is 6.07 Å². The molecule has 6 nitrogen and oxygen atoms in total. The fraction of sp³-hybridized carbons (Fsp3) is 0.421. The number of hydrogen-bond acceptors (Lipinski definition) is 4. The molecule has 1 aromatic carbocycles. The minimum absolute atomic E-state index is 0.109. The molecule has 3 rings (SSSR count). The number of nitrogens with zero attached hydrogens (tertiary/aromatic N) is 2. The van der Waals surface area contributed by atoms with Gasteiger partial charge in [-0.3, -0.25) is 14.6 Å². The maximum atomic E-state index is 13.9. The van der Waals surface area contributed by atoms with Crippen molar-refractivity contribution in [2.24, 2.45) is 5.92 Å². The second-order valence-corrected chi connectivity index (χ2v) is 6.66. The van der Waals surface area contributed by atoms with Gasteiger partial charge >= 0.3 is 0 Å². The van der Waals surface area contributed by atoms with E-state index in [1.54, 1.807) is 23.2 Å². The average molecular weight is 359 g/mol. The number of rotatable bonds is 4. The van der Waals surface area contributed by atoms with Crippen molar-refractivity contribution in [2.75, 3.05) is 26.3 Å². The SMILES string of the molecule is CC(C)[C@H](NC(=O)c1cc(F)cc2cccnc12)C(=O)N1CCOCC1. The maximum absolute atomic E-state index is 13.9. The van der Waals surface area contributed by atoms with Gasteiger partial charge in [-0.05, 0) is 24.1 Å². The highest BCUT2D eigenvalue weighted by atomic mass is 19.1. The first-order valence-corrected chi connectivity index (χ1v) is 8.69. The highest BCUT2D eigenvalue weighted by molar-refractivity contribution is 6.06. The fourth-order valence-electron chi connectivity index (χ4n) is 3.04. The predicted molar refractivity (Wildman–Crippen MR) is 95.2 cm³/mol. The van der Waals surface area contributed by atoms with Crippen LogP contribution >= 0.6 is 0 Å². The van der Waals surface area contributed by atoms with E-state index in [9.17, 15) is 14.0 Å². The van der Waals surface area contributed by atoms with Gasteiger partial charge in [-0.25, -0.2) is 4.39 Å². The van der Waals surface area contributed by atoms with Gasteiger partial charge in [0, 0.05) is 24.7 Å². The molecule has 1 saturated heterocycles. The minimum atomic E-state index is -0.692. The lowest BCUT2D eigenvalue weighted by atomic mass is 10.0. The number of fused-ring (bicyclic) bond motifs is 1. The first-order valence-electron chi connectivity index (χ1n) is 8.69. The number of benzene rings is 1. The van der Waals surface area contributed by atoms with E-state index in [1.165, 1.54) is 6.07 Å². The second-order valence-electron chi connectivity index (χ2n) is 6.66. The number of nitrogens with one attached hydrogen (secondary N) is 1. The van der Waals surface area contributed by atoms with Crippen LogP contribution in [0.5, 0.6) is 0 Å². The molecule has 2 aromatic rings. The number of pyridine rings is 1. The number of carbonyl (C=O) groups excluding carboxylic acids is 2. The van der Waals surface area contributed by atoms with Gasteiger partial charge in [0.05, 0.1) is 24.3 Å². The molecule has 0 unspecified atom stereocenters. The van der Waals surface area contributed by atoms with Crippen molar-refractivity contribution in [3.63, 3.8) is 0 Å². The summed E-state index contributed by atoms with van der Waals surface area (Å²) in [6.45, 7) is 5.72. The molecule has 7 heteroatoms. The van der Waals surface area contributed by atoms with Crippen LogP contribution in [0, 0.1) is 11.7 Å². The standard InChI is InChI=1S/C19H22FN3O3/c1-12(2)16(19(25)23-6-8-26-9-7-23)22-18(24)15-11-14(20)10-13-4-3-5-21-17(13)15/h3-5,10-12,16H,6-9H2,1-2H3,(H,22,24)/t16-/m0/s1. The predicted octanol–water partition coefficient (Wildman–Crippen LogP) is 1.99. The highest BCUT2D eigenvalue weighted by Crippen LogP contribution is 2.19. The van der Waals surface area contributed by atoms with Crippen LogP contribution in [0.15, 0.2) is 30.5 Å². The van der Waals surface area contributed by atoms with Gasteiger partial charge in [0.2, 0.25) is 5.91 Å². The van der Waals surface area contributed by atoms with Crippen LogP contribution in [0.1, 0.15) is 24.2 Å². The van der Waals surface area contributed by atoms with Crippen LogP contribution in [0.2, 0.25) is 0 Å². The molecule has 0 radical (unpaired) electrons. The number of halogens is 1. The Morgan fingerprint density at radius 2 is 2.00 bits per heavy atom. The number of morpholine rings is 1. The van der Waals surface area contributed by atoms with Crippen LogP contribution < -0.4 is 5.32 Å². The quantitative estimate of drug-likeness (QED) is 0.906. The van der Waals surface area contributed by atoms with Crippen LogP contribution in [0.3, 0.4) is 0 Å². The molecule has 1 atom stereocenters. The summed E-state index contributed by atoms with van der Waals surface area (Å²) in [7, 11) is 0. The number of ether oxygens (including phenoxy) is 1. The van der Waals surface area contributed by atoms with Crippen molar-refractivity contribution in [3.05, 3.63) is 41.8 Å². The zero-order chi connectivity index (χ0) is 18.7. The Bertz CT molecular complexity index is 819. The molecule has 1 aliphatic rings. The Hall–Kier alpha value is -2.54. The van der Waals surface area contributed by atoms with Crippen LogP contribution in [-0.2, 0) is 9.53 Å².